The maximum absolute atomic E-state index is 12.5. The summed E-state index contributed by atoms with van der Waals surface area (Å²) in [6.45, 7) is 5.08. The molecule has 7 heteroatoms. The molecule has 1 N–H and O–H groups in total. The SMILES string of the molecule is CCOC(=O)C(CN1CCS(=O)(=O)CC1C)(NC)C1CC1. The fraction of sp³-hybridized carbons (Fsp3) is 0.929. The Bertz CT molecular complexity index is 489. The smallest absolute Gasteiger partial charge is 0.327 e. The maximum Gasteiger partial charge on any atom is 0.327 e. The summed E-state index contributed by atoms with van der Waals surface area (Å²) in [5.74, 6) is 0.410. The first-order valence-corrected chi connectivity index (χ1v) is 9.47. The van der Waals surface area contributed by atoms with Gasteiger partial charge in [-0.15, -0.1) is 0 Å². The standard InChI is InChI=1S/C14H26N2O4S/c1-4-20-13(17)14(15-3,12-5-6-12)10-16-7-8-21(18,19)9-11(16)2/h11-12,15H,4-10H2,1-3H3. The molecule has 0 radical (unpaired) electrons. The molecule has 2 unspecified atom stereocenters. The fourth-order valence-electron chi connectivity index (χ4n) is 3.17. The third-order valence-corrected chi connectivity index (χ3v) is 6.42. The quantitative estimate of drug-likeness (QED) is 0.697. The number of hydrogen-bond donors (Lipinski definition) is 1. The van der Waals surface area contributed by atoms with Gasteiger partial charge in [0.05, 0.1) is 18.1 Å². The lowest BCUT2D eigenvalue weighted by Gasteiger charge is -2.41. The zero-order chi connectivity index (χ0) is 15.7. The Hall–Kier alpha value is -0.660. The number of carbonyl (C=O) groups is 1. The molecule has 0 bridgehead atoms. The van der Waals surface area contributed by atoms with Crippen molar-refractivity contribution in [3.8, 4) is 0 Å². The average Bonchev–Trinajstić information content (AvgIpc) is 3.22. The van der Waals surface area contributed by atoms with Gasteiger partial charge in [-0.05, 0) is 39.7 Å². The third-order valence-electron chi connectivity index (χ3n) is 4.62. The highest BCUT2D eigenvalue weighted by molar-refractivity contribution is 7.91. The van der Waals surface area contributed by atoms with Crippen LogP contribution in [-0.2, 0) is 19.4 Å². The van der Waals surface area contributed by atoms with Gasteiger partial charge in [0.2, 0.25) is 0 Å². The van der Waals surface area contributed by atoms with Gasteiger partial charge < -0.3 is 10.1 Å². The second-order valence-corrected chi connectivity index (χ2v) is 8.38. The van der Waals surface area contributed by atoms with Crippen LogP contribution in [0.4, 0.5) is 0 Å². The second-order valence-electron chi connectivity index (χ2n) is 6.15. The van der Waals surface area contributed by atoms with Crippen LogP contribution in [-0.4, -0.2) is 69.1 Å². The van der Waals surface area contributed by atoms with Crippen LogP contribution in [0.3, 0.4) is 0 Å². The number of rotatable bonds is 6. The lowest BCUT2D eigenvalue weighted by atomic mass is 9.92. The number of hydrogen-bond acceptors (Lipinski definition) is 6. The lowest BCUT2D eigenvalue weighted by molar-refractivity contribution is -0.153. The summed E-state index contributed by atoms with van der Waals surface area (Å²) in [5, 5.41) is 3.19. The summed E-state index contributed by atoms with van der Waals surface area (Å²) in [4.78, 5) is 14.6. The number of carbonyl (C=O) groups excluding carboxylic acids is 1. The Morgan fingerprint density at radius 2 is 2.10 bits per heavy atom. The van der Waals surface area contributed by atoms with Gasteiger partial charge >= 0.3 is 5.97 Å². The molecule has 2 fully saturated rings. The molecule has 6 nitrogen and oxygen atoms in total. The van der Waals surface area contributed by atoms with Crippen LogP contribution in [0, 0.1) is 5.92 Å². The van der Waals surface area contributed by atoms with Crippen LogP contribution in [0.5, 0.6) is 0 Å². The second kappa shape index (κ2) is 6.22. The van der Waals surface area contributed by atoms with Crippen molar-refractivity contribution >= 4 is 15.8 Å². The molecule has 2 atom stereocenters. The zero-order valence-corrected chi connectivity index (χ0v) is 13.9. The molecule has 2 rings (SSSR count). The Morgan fingerprint density at radius 3 is 2.57 bits per heavy atom. The molecular formula is C14H26N2O4S. The number of sulfone groups is 1. The topological polar surface area (TPSA) is 75.7 Å². The van der Waals surface area contributed by atoms with Crippen molar-refractivity contribution in [2.75, 3.05) is 38.2 Å². The molecule has 0 aromatic carbocycles. The van der Waals surface area contributed by atoms with Gasteiger partial charge in [0.25, 0.3) is 0 Å². The first kappa shape index (κ1) is 16.7. The summed E-state index contributed by atoms with van der Waals surface area (Å²) in [7, 11) is -1.15. The van der Waals surface area contributed by atoms with E-state index in [0.717, 1.165) is 12.8 Å². The number of likely N-dealkylation sites (N-methyl/N-ethyl adjacent to an activating group) is 1. The van der Waals surface area contributed by atoms with Crippen LogP contribution >= 0.6 is 0 Å². The van der Waals surface area contributed by atoms with E-state index in [0.29, 0.717) is 19.7 Å². The van der Waals surface area contributed by atoms with E-state index in [4.69, 9.17) is 4.74 Å². The van der Waals surface area contributed by atoms with E-state index in [9.17, 15) is 13.2 Å². The molecule has 0 aromatic rings. The molecule has 0 amide bonds. The van der Waals surface area contributed by atoms with Gasteiger partial charge in [-0.3, -0.25) is 4.90 Å². The van der Waals surface area contributed by atoms with E-state index >= 15 is 0 Å². The molecule has 0 aromatic heterocycles. The monoisotopic (exact) mass is 318 g/mol. The maximum atomic E-state index is 12.5. The Kier molecular flexibility index (Phi) is 4.95. The van der Waals surface area contributed by atoms with Crippen molar-refractivity contribution in [3.05, 3.63) is 0 Å². The highest BCUT2D eigenvalue weighted by Crippen LogP contribution is 2.41. The van der Waals surface area contributed by atoms with Crippen molar-refractivity contribution in [2.24, 2.45) is 5.92 Å². The van der Waals surface area contributed by atoms with Gasteiger partial charge in [0.1, 0.15) is 5.54 Å². The van der Waals surface area contributed by atoms with Gasteiger partial charge in [-0.2, -0.15) is 0 Å². The summed E-state index contributed by atoms with van der Waals surface area (Å²) in [6, 6.07) is -0.0651. The molecule has 1 aliphatic carbocycles. The lowest BCUT2D eigenvalue weighted by Crippen LogP contribution is -2.63. The predicted octanol–water partition coefficient (Wildman–Crippen LogP) is 0.0366. The van der Waals surface area contributed by atoms with Crippen LogP contribution in [0.2, 0.25) is 0 Å². The number of ether oxygens (including phenoxy) is 1. The molecule has 21 heavy (non-hydrogen) atoms. The molecular weight excluding hydrogens is 292 g/mol. The summed E-state index contributed by atoms with van der Waals surface area (Å²) in [5.41, 5.74) is -0.703. The molecule has 122 valence electrons. The van der Waals surface area contributed by atoms with E-state index in [1.807, 2.05) is 6.92 Å². The highest BCUT2D eigenvalue weighted by Gasteiger charge is 2.52. The predicted molar refractivity (Wildman–Crippen MR) is 80.8 cm³/mol. The van der Waals surface area contributed by atoms with Crippen LogP contribution in [0.1, 0.15) is 26.7 Å². The van der Waals surface area contributed by atoms with Crippen LogP contribution in [0.15, 0.2) is 0 Å². The molecule has 0 spiro atoms. The normalized spacial score (nSPS) is 28.8. The first-order chi connectivity index (χ1) is 9.84. The van der Waals surface area contributed by atoms with Gasteiger partial charge in [-0.1, -0.05) is 0 Å². The molecule has 1 saturated heterocycles. The zero-order valence-electron chi connectivity index (χ0n) is 13.1. The minimum atomic E-state index is -2.94. The van der Waals surface area contributed by atoms with Crippen molar-refractivity contribution < 1.29 is 17.9 Å². The fourth-order valence-corrected chi connectivity index (χ4v) is 4.79. The Labute approximate surface area is 127 Å². The number of nitrogens with one attached hydrogen (secondary N) is 1. The largest absolute Gasteiger partial charge is 0.465 e. The summed E-state index contributed by atoms with van der Waals surface area (Å²) < 4.78 is 28.7. The van der Waals surface area contributed by atoms with E-state index in [1.165, 1.54) is 0 Å². The summed E-state index contributed by atoms with van der Waals surface area (Å²) >= 11 is 0. The minimum absolute atomic E-state index is 0.0651. The Morgan fingerprint density at radius 1 is 1.43 bits per heavy atom. The van der Waals surface area contributed by atoms with E-state index in [-0.39, 0.29) is 29.4 Å². The van der Waals surface area contributed by atoms with Gasteiger partial charge in [0, 0.05) is 19.1 Å². The first-order valence-electron chi connectivity index (χ1n) is 7.65. The van der Waals surface area contributed by atoms with Crippen molar-refractivity contribution in [2.45, 2.75) is 38.3 Å². The van der Waals surface area contributed by atoms with Gasteiger partial charge in [0.15, 0.2) is 9.84 Å². The molecule has 1 saturated carbocycles. The van der Waals surface area contributed by atoms with Crippen molar-refractivity contribution in [1.82, 2.24) is 10.2 Å². The molecule has 1 aliphatic heterocycles. The average molecular weight is 318 g/mol. The Balaban J connectivity index is 2.14. The van der Waals surface area contributed by atoms with Gasteiger partial charge in [-0.25, -0.2) is 13.2 Å². The number of nitrogens with zero attached hydrogens (tertiary/aromatic N) is 1. The van der Waals surface area contributed by atoms with Crippen LogP contribution < -0.4 is 5.32 Å². The van der Waals surface area contributed by atoms with Crippen molar-refractivity contribution in [3.63, 3.8) is 0 Å². The molecule has 2 aliphatic rings. The van der Waals surface area contributed by atoms with Crippen LogP contribution in [0.25, 0.3) is 0 Å². The molecule has 1 heterocycles. The highest BCUT2D eigenvalue weighted by atomic mass is 32.2. The minimum Gasteiger partial charge on any atom is -0.465 e. The summed E-state index contributed by atoms with van der Waals surface area (Å²) in [6.07, 6.45) is 2.03. The van der Waals surface area contributed by atoms with Crippen molar-refractivity contribution in [1.29, 1.82) is 0 Å². The number of esters is 1. The third kappa shape index (κ3) is 3.57. The van der Waals surface area contributed by atoms with E-state index in [1.54, 1.807) is 14.0 Å². The van der Waals surface area contributed by atoms with E-state index < -0.39 is 15.4 Å². The van der Waals surface area contributed by atoms with E-state index in [2.05, 4.69) is 10.2 Å².